The molecule has 0 spiro atoms. The first-order chi connectivity index (χ1) is 13.5. The van der Waals surface area contributed by atoms with Gasteiger partial charge in [0, 0.05) is 28.9 Å². The molecule has 0 amide bonds. The first kappa shape index (κ1) is 19.1. The van der Waals surface area contributed by atoms with E-state index in [-0.39, 0.29) is 17.0 Å². The Hall–Kier alpha value is -3.69. The molecular formula is C21H14ClN3O3. The third kappa shape index (κ3) is 4.17. The summed E-state index contributed by atoms with van der Waals surface area (Å²) in [5.41, 5.74) is 2.06. The predicted octanol–water partition coefficient (Wildman–Crippen LogP) is 5.36. The lowest BCUT2D eigenvalue weighted by atomic mass is 9.92. The van der Waals surface area contributed by atoms with E-state index >= 15 is 0 Å². The van der Waals surface area contributed by atoms with Crippen molar-refractivity contribution in [2.45, 2.75) is 5.92 Å². The second kappa shape index (κ2) is 8.33. The molecule has 0 heterocycles. The maximum absolute atomic E-state index is 10.9. The van der Waals surface area contributed by atoms with Gasteiger partial charge in [-0.25, -0.2) is 0 Å². The van der Waals surface area contributed by atoms with Crippen molar-refractivity contribution < 1.29 is 10.0 Å². The number of aliphatic imine (C=N–C) groups is 1. The second-order valence-electron chi connectivity index (χ2n) is 5.94. The molecule has 0 aliphatic rings. The average molecular weight is 392 g/mol. The number of nitro groups is 1. The van der Waals surface area contributed by atoms with Crippen molar-refractivity contribution in [2.24, 2.45) is 4.99 Å². The van der Waals surface area contributed by atoms with Crippen LogP contribution in [0, 0.1) is 21.4 Å². The number of rotatable bonds is 5. The van der Waals surface area contributed by atoms with Gasteiger partial charge in [0.05, 0.1) is 22.6 Å². The average Bonchev–Trinajstić information content (AvgIpc) is 2.70. The molecule has 138 valence electrons. The molecular weight excluding hydrogens is 378 g/mol. The minimum absolute atomic E-state index is 0.120. The van der Waals surface area contributed by atoms with Crippen molar-refractivity contribution in [1.29, 1.82) is 5.26 Å². The Labute approximate surface area is 166 Å². The fraction of sp³-hybridized carbons (Fsp3) is 0.0476. The van der Waals surface area contributed by atoms with Crippen LogP contribution in [0.3, 0.4) is 0 Å². The zero-order valence-electron chi connectivity index (χ0n) is 14.5. The molecule has 0 radical (unpaired) electrons. The van der Waals surface area contributed by atoms with Crippen LogP contribution in [0.1, 0.15) is 22.6 Å². The van der Waals surface area contributed by atoms with Crippen molar-refractivity contribution >= 4 is 29.2 Å². The Bertz CT molecular complexity index is 1090. The summed E-state index contributed by atoms with van der Waals surface area (Å²) in [7, 11) is 0. The molecule has 0 unspecified atom stereocenters. The summed E-state index contributed by atoms with van der Waals surface area (Å²) in [4.78, 5) is 14.5. The summed E-state index contributed by atoms with van der Waals surface area (Å²) in [5, 5.41) is 30.7. The Morgan fingerprint density at radius 3 is 2.54 bits per heavy atom. The zero-order valence-corrected chi connectivity index (χ0v) is 15.2. The highest BCUT2D eigenvalue weighted by atomic mass is 35.5. The third-order valence-electron chi connectivity index (χ3n) is 4.13. The molecule has 0 aliphatic heterocycles. The van der Waals surface area contributed by atoms with Gasteiger partial charge in [-0.05, 0) is 29.3 Å². The fourth-order valence-electron chi connectivity index (χ4n) is 2.70. The standard InChI is InChI=1S/C21H14ClN3O3/c22-20-11-16(24-13-15-10-17(25(27)28)7-9-21(15)26)6-8-18(20)19(12-23)14-4-2-1-3-5-14/h1-11,13,19,26H/t19-/m0/s1. The van der Waals surface area contributed by atoms with Gasteiger partial charge in [0.15, 0.2) is 0 Å². The predicted molar refractivity (Wildman–Crippen MR) is 107 cm³/mol. The number of hydrogen-bond donors (Lipinski definition) is 1. The van der Waals surface area contributed by atoms with Crippen LogP contribution in [0.2, 0.25) is 5.02 Å². The molecule has 3 aromatic carbocycles. The van der Waals surface area contributed by atoms with Gasteiger partial charge >= 0.3 is 0 Å². The number of hydrogen-bond acceptors (Lipinski definition) is 5. The molecule has 3 aromatic rings. The van der Waals surface area contributed by atoms with Crippen molar-refractivity contribution in [2.75, 3.05) is 0 Å². The molecule has 1 atom stereocenters. The van der Waals surface area contributed by atoms with Gasteiger partial charge in [-0.2, -0.15) is 5.26 Å². The Morgan fingerprint density at radius 2 is 1.89 bits per heavy atom. The number of non-ortho nitro benzene ring substituents is 1. The number of aromatic hydroxyl groups is 1. The van der Waals surface area contributed by atoms with Crippen LogP contribution < -0.4 is 0 Å². The molecule has 6 nitrogen and oxygen atoms in total. The maximum Gasteiger partial charge on any atom is 0.270 e. The normalized spacial score (nSPS) is 11.9. The first-order valence-corrected chi connectivity index (χ1v) is 8.63. The van der Waals surface area contributed by atoms with E-state index in [4.69, 9.17) is 11.6 Å². The van der Waals surface area contributed by atoms with Crippen LogP contribution in [-0.2, 0) is 0 Å². The van der Waals surface area contributed by atoms with Crippen LogP contribution >= 0.6 is 11.6 Å². The van der Waals surface area contributed by atoms with E-state index in [1.54, 1.807) is 18.2 Å². The van der Waals surface area contributed by atoms with Crippen LogP contribution in [0.4, 0.5) is 11.4 Å². The Balaban J connectivity index is 1.89. The first-order valence-electron chi connectivity index (χ1n) is 8.25. The van der Waals surface area contributed by atoms with Gasteiger partial charge in [0.25, 0.3) is 5.69 Å². The van der Waals surface area contributed by atoms with E-state index < -0.39 is 10.8 Å². The summed E-state index contributed by atoms with van der Waals surface area (Å²) in [5.74, 6) is -0.627. The molecule has 0 saturated heterocycles. The topological polar surface area (TPSA) is 99.5 Å². The molecule has 0 saturated carbocycles. The summed E-state index contributed by atoms with van der Waals surface area (Å²) in [6.07, 6.45) is 1.33. The van der Waals surface area contributed by atoms with E-state index in [0.717, 1.165) is 5.56 Å². The lowest BCUT2D eigenvalue weighted by molar-refractivity contribution is -0.384. The quantitative estimate of drug-likeness (QED) is 0.359. The van der Waals surface area contributed by atoms with Gasteiger partial charge in [0.1, 0.15) is 5.75 Å². The largest absolute Gasteiger partial charge is 0.507 e. The highest BCUT2D eigenvalue weighted by molar-refractivity contribution is 6.31. The number of halogens is 1. The number of benzene rings is 3. The molecule has 3 rings (SSSR count). The van der Waals surface area contributed by atoms with Crippen LogP contribution in [0.15, 0.2) is 71.7 Å². The van der Waals surface area contributed by atoms with Crippen LogP contribution in [-0.4, -0.2) is 16.2 Å². The van der Waals surface area contributed by atoms with Gasteiger partial charge in [-0.3, -0.25) is 15.1 Å². The highest BCUT2D eigenvalue weighted by Crippen LogP contribution is 2.32. The molecule has 1 N–H and O–H groups in total. The van der Waals surface area contributed by atoms with Crippen molar-refractivity contribution in [3.05, 3.63) is 98.6 Å². The van der Waals surface area contributed by atoms with Gasteiger partial charge < -0.3 is 5.11 Å². The SMILES string of the molecule is N#C[C@@H](c1ccccc1)c1ccc(N=Cc2cc([N+](=O)[O-])ccc2O)cc1Cl. The molecule has 0 aliphatic carbocycles. The summed E-state index contributed by atoms with van der Waals surface area (Å²) >= 11 is 6.37. The lowest BCUT2D eigenvalue weighted by Gasteiger charge is -2.12. The van der Waals surface area contributed by atoms with E-state index in [0.29, 0.717) is 16.3 Å². The lowest BCUT2D eigenvalue weighted by Crippen LogP contribution is -1.98. The fourth-order valence-corrected chi connectivity index (χ4v) is 2.99. The van der Waals surface area contributed by atoms with Crippen molar-refractivity contribution in [1.82, 2.24) is 0 Å². The van der Waals surface area contributed by atoms with Gasteiger partial charge in [-0.1, -0.05) is 48.0 Å². The number of phenols is 1. The number of nitro benzene ring substituents is 1. The third-order valence-corrected chi connectivity index (χ3v) is 4.46. The highest BCUT2D eigenvalue weighted by Gasteiger charge is 2.16. The molecule has 0 fully saturated rings. The second-order valence-corrected chi connectivity index (χ2v) is 6.34. The smallest absolute Gasteiger partial charge is 0.270 e. The minimum Gasteiger partial charge on any atom is -0.507 e. The summed E-state index contributed by atoms with van der Waals surface area (Å²) in [6, 6.07) is 20.3. The number of nitriles is 1. The summed E-state index contributed by atoms with van der Waals surface area (Å²) < 4.78 is 0. The van der Waals surface area contributed by atoms with E-state index in [9.17, 15) is 20.5 Å². The van der Waals surface area contributed by atoms with Gasteiger partial charge in [0.2, 0.25) is 0 Å². The molecule has 0 aromatic heterocycles. The number of phenolic OH excluding ortho intramolecular Hbond substituents is 1. The monoisotopic (exact) mass is 391 g/mol. The molecule has 7 heteroatoms. The van der Waals surface area contributed by atoms with Crippen LogP contribution in [0.25, 0.3) is 0 Å². The molecule has 28 heavy (non-hydrogen) atoms. The molecule has 0 bridgehead atoms. The van der Waals surface area contributed by atoms with E-state index in [1.165, 1.54) is 24.4 Å². The minimum atomic E-state index is -0.548. The Morgan fingerprint density at radius 1 is 1.14 bits per heavy atom. The van der Waals surface area contributed by atoms with E-state index in [2.05, 4.69) is 11.1 Å². The number of nitrogens with zero attached hydrogens (tertiary/aromatic N) is 3. The van der Waals surface area contributed by atoms with Crippen molar-refractivity contribution in [3.8, 4) is 11.8 Å². The maximum atomic E-state index is 10.9. The van der Waals surface area contributed by atoms with E-state index in [1.807, 2.05) is 30.3 Å². The van der Waals surface area contributed by atoms with Crippen molar-refractivity contribution in [3.63, 3.8) is 0 Å². The zero-order chi connectivity index (χ0) is 20.1. The van der Waals surface area contributed by atoms with Crippen LogP contribution in [0.5, 0.6) is 5.75 Å². The summed E-state index contributed by atoms with van der Waals surface area (Å²) in [6.45, 7) is 0. The Kier molecular flexibility index (Phi) is 5.68. The van der Waals surface area contributed by atoms with Gasteiger partial charge in [-0.15, -0.1) is 0 Å².